The molecule has 1 saturated heterocycles. The molecule has 2 aromatic heterocycles. The van der Waals surface area contributed by atoms with Gasteiger partial charge < -0.3 is 20.9 Å². The molecule has 29 heavy (non-hydrogen) atoms. The summed E-state index contributed by atoms with van der Waals surface area (Å²) in [6.45, 7) is 2.88. The molecule has 1 aromatic carbocycles. The molecule has 0 unspecified atom stereocenters. The lowest BCUT2D eigenvalue weighted by Crippen LogP contribution is -2.52. The normalized spacial score (nSPS) is 19.1. The van der Waals surface area contributed by atoms with Crippen molar-refractivity contribution in [3.05, 3.63) is 53.2 Å². The van der Waals surface area contributed by atoms with Crippen LogP contribution >= 0.6 is 0 Å². The summed E-state index contributed by atoms with van der Waals surface area (Å²) in [7, 11) is 0. The van der Waals surface area contributed by atoms with Crippen molar-refractivity contribution in [3.63, 3.8) is 0 Å². The van der Waals surface area contributed by atoms with Crippen molar-refractivity contribution in [1.29, 1.82) is 0 Å². The van der Waals surface area contributed by atoms with Crippen LogP contribution in [0.25, 0.3) is 11.0 Å². The lowest BCUT2D eigenvalue weighted by Gasteiger charge is -2.25. The highest BCUT2D eigenvalue weighted by molar-refractivity contribution is 5.95. The summed E-state index contributed by atoms with van der Waals surface area (Å²) >= 11 is 0. The van der Waals surface area contributed by atoms with Gasteiger partial charge in [0.05, 0.1) is 10.9 Å². The van der Waals surface area contributed by atoms with Gasteiger partial charge in [0.15, 0.2) is 11.6 Å². The Morgan fingerprint density at radius 3 is 2.86 bits per heavy atom. The Labute approximate surface area is 164 Å². The van der Waals surface area contributed by atoms with Gasteiger partial charge in [-0.25, -0.2) is 23.1 Å². The molecule has 152 valence electrons. The van der Waals surface area contributed by atoms with Crippen LogP contribution in [0.3, 0.4) is 0 Å². The van der Waals surface area contributed by atoms with Crippen LogP contribution < -0.4 is 16.0 Å². The van der Waals surface area contributed by atoms with E-state index in [4.69, 9.17) is 5.73 Å². The zero-order valence-electron chi connectivity index (χ0n) is 15.6. The first kappa shape index (κ1) is 19.2. The van der Waals surface area contributed by atoms with E-state index in [1.165, 1.54) is 6.33 Å². The van der Waals surface area contributed by atoms with E-state index in [-0.39, 0.29) is 6.54 Å². The summed E-state index contributed by atoms with van der Waals surface area (Å²) < 4.78 is 40.9. The van der Waals surface area contributed by atoms with Crippen LogP contribution in [0.4, 0.5) is 19.0 Å². The predicted octanol–water partition coefficient (Wildman–Crippen LogP) is 2.02. The molecule has 1 amide bonds. The van der Waals surface area contributed by atoms with Crippen LogP contribution in [0.5, 0.6) is 0 Å². The maximum atomic E-state index is 13.8. The molecule has 1 atom stereocenters. The third-order valence-corrected chi connectivity index (χ3v) is 5.20. The number of fused-ring (bicyclic) bond motifs is 1. The minimum absolute atomic E-state index is 0.0297. The zero-order valence-corrected chi connectivity index (χ0v) is 15.6. The molecule has 7 nitrogen and oxygen atoms in total. The number of aromatic nitrogens is 3. The van der Waals surface area contributed by atoms with E-state index in [2.05, 4.69) is 20.3 Å². The van der Waals surface area contributed by atoms with E-state index in [0.29, 0.717) is 37.3 Å². The largest absolute Gasteiger partial charge is 0.354 e. The number of anilines is 1. The van der Waals surface area contributed by atoms with E-state index in [0.717, 1.165) is 16.8 Å². The van der Waals surface area contributed by atoms with E-state index in [9.17, 15) is 18.0 Å². The third-order valence-electron chi connectivity index (χ3n) is 5.20. The molecule has 0 bridgehead atoms. The summed E-state index contributed by atoms with van der Waals surface area (Å²) in [5.41, 5.74) is 6.33. The number of aromatic amines is 1. The molecular formula is C19H19F3N6O. The number of H-pyrrole nitrogens is 1. The number of hydrogen-bond donors (Lipinski definition) is 3. The molecule has 1 aliphatic rings. The maximum absolute atomic E-state index is 13.8. The molecule has 3 aromatic rings. The van der Waals surface area contributed by atoms with Gasteiger partial charge in [-0.05, 0) is 31.0 Å². The van der Waals surface area contributed by atoms with E-state index in [1.807, 2.05) is 18.0 Å². The second-order valence-electron chi connectivity index (χ2n) is 7.33. The number of amides is 1. The predicted molar refractivity (Wildman–Crippen MR) is 101 cm³/mol. The fraction of sp³-hybridized carbons (Fsp3) is 0.316. The molecule has 4 rings (SSSR count). The summed E-state index contributed by atoms with van der Waals surface area (Å²) in [5, 5.41) is 3.32. The number of halogens is 3. The first-order chi connectivity index (χ1) is 13.8. The van der Waals surface area contributed by atoms with Crippen molar-refractivity contribution in [2.75, 3.05) is 24.5 Å². The molecular weight excluding hydrogens is 385 g/mol. The molecule has 1 fully saturated rings. The number of carbonyl (C=O) groups excluding carboxylic acids is 1. The first-order valence-electron chi connectivity index (χ1n) is 9.03. The molecule has 3 heterocycles. The summed E-state index contributed by atoms with van der Waals surface area (Å²) in [4.78, 5) is 25.9. The van der Waals surface area contributed by atoms with Gasteiger partial charge in [-0.2, -0.15) is 0 Å². The molecule has 0 spiro atoms. The number of hydrogen-bond acceptors (Lipinski definition) is 5. The SMILES string of the molecule is Cc1c[nH]c2ncnc(N3CC[C@](N)(CNC(=O)c4c(F)ccc(F)c4F)C3)c12. The second-order valence-corrected chi connectivity index (χ2v) is 7.33. The van der Waals surface area contributed by atoms with Crippen LogP contribution in [-0.2, 0) is 0 Å². The fourth-order valence-electron chi connectivity index (χ4n) is 3.64. The van der Waals surface area contributed by atoms with E-state index in [1.54, 1.807) is 0 Å². The van der Waals surface area contributed by atoms with Gasteiger partial charge >= 0.3 is 0 Å². The average Bonchev–Trinajstić information content (AvgIpc) is 3.27. The van der Waals surface area contributed by atoms with Gasteiger partial charge in [-0.15, -0.1) is 0 Å². The lowest BCUT2D eigenvalue weighted by molar-refractivity contribution is 0.0935. The average molecular weight is 404 g/mol. The number of carbonyl (C=O) groups is 1. The quantitative estimate of drug-likeness (QED) is 0.578. The molecule has 0 aliphatic carbocycles. The van der Waals surface area contributed by atoms with Crippen LogP contribution in [-0.4, -0.2) is 46.0 Å². The van der Waals surface area contributed by atoms with Gasteiger partial charge in [0, 0.05) is 25.8 Å². The Bertz CT molecular complexity index is 1100. The number of nitrogens with one attached hydrogen (secondary N) is 2. The van der Waals surface area contributed by atoms with Gasteiger partial charge in [0.2, 0.25) is 0 Å². The first-order valence-corrected chi connectivity index (χ1v) is 9.03. The number of nitrogens with two attached hydrogens (primary N) is 1. The molecule has 1 aliphatic heterocycles. The van der Waals surface area contributed by atoms with Crippen molar-refractivity contribution in [2.24, 2.45) is 5.73 Å². The van der Waals surface area contributed by atoms with Gasteiger partial charge in [-0.3, -0.25) is 4.79 Å². The highest BCUT2D eigenvalue weighted by Gasteiger charge is 2.36. The highest BCUT2D eigenvalue weighted by Crippen LogP contribution is 2.30. The second kappa shape index (κ2) is 7.03. The van der Waals surface area contributed by atoms with Gasteiger partial charge in [0.25, 0.3) is 5.91 Å². The molecule has 4 N–H and O–H groups in total. The molecule has 0 radical (unpaired) electrons. The van der Waals surface area contributed by atoms with E-state index < -0.39 is 34.5 Å². The monoisotopic (exact) mass is 404 g/mol. The lowest BCUT2D eigenvalue weighted by atomic mass is 10.00. The van der Waals surface area contributed by atoms with Crippen molar-refractivity contribution < 1.29 is 18.0 Å². The number of aryl methyl sites for hydroxylation is 1. The topological polar surface area (TPSA) is 99.9 Å². The van der Waals surface area contributed by atoms with Crippen molar-refractivity contribution >= 4 is 22.8 Å². The Kier molecular flexibility index (Phi) is 4.65. The number of rotatable bonds is 4. The van der Waals surface area contributed by atoms with Crippen LogP contribution in [0.1, 0.15) is 22.3 Å². The Balaban J connectivity index is 1.49. The van der Waals surface area contributed by atoms with E-state index >= 15 is 0 Å². The Morgan fingerprint density at radius 1 is 1.31 bits per heavy atom. The number of nitrogens with zero attached hydrogens (tertiary/aromatic N) is 3. The molecule has 0 saturated carbocycles. The highest BCUT2D eigenvalue weighted by atomic mass is 19.2. The number of benzene rings is 1. The van der Waals surface area contributed by atoms with Crippen LogP contribution in [0.2, 0.25) is 0 Å². The Morgan fingerprint density at radius 2 is 2.07 bits per heavy atom. The standard InChI is InChI=1S/C19H19F3N6O/c1-10-6-24-16-13(10)17(27-9-26-16)28-5-4-19(23,8-28)7-25-18(29)14-11(20)2-3-12(21)15(14)22/h2-3,6,9H,4-5,7-8,23H2,1H3,(H,25,29)(H,24,26,27)/t19-/m0/s1. The third kappa shape index (κ3) is 3.39. The summed E-state index contributed by atoms with van der Waals surface area (Å²) in [6, 6.07) is 1.34. The van der Waals surface area contributed by atoms with Crippen molar-refractivity contribution in [1.82, 2.24) is 20.3 Å². The van der Waals surface area contributed by atoms with Crippen LogP contribution in [0.15, 0.2) is 24.7 Å². The van der Waals surface area contributed by atoms with Gasteiger partial charge in [-0.1, -0.05) is 0 Å². The zero-order chi connectivity index (χ0) is 20.8. The fourth-order valence-corrected chi connectivity index (χ4v) is 3.64. The minimum atomic E-state index is -1.52. The molecule has 10 heteroatoms. The minimum Gasteiger partial charge on any atom is -0.354 e. The van der Waals surface area contributed by atoms with Crippen molar-refractivity contribution in [3.8, 4) is 0 Å². The van der Waals surface area contributed by atoms with Crippen LogP contribution in [0, 0.1) is 24.4 Å². The Hall–Kier alpha value is -3.14. The van der Waals surface area contributed by atoms with Gasteiger partial charge in [0.1, 0.15) is 29.2 Å². The smallest absolute Gasteiger partial charge is 0.257 e. The maximum Gasteiger partial charge on any atom is 0.257 e. The summed E-state index contributed by atoms with van der Waals surface area (Å²) in [5.74, 6) is -4.26. The van der Waals surface area contributed by atoms with Crippen molar-refractivity contribution in [2.45, 2.75) is 18.9 Å². The summed E-state index contributed by atoms with van der Waals surface area (Å²) in [6.07, 6.45) is 3.83.